The van der Waals surface area contributed by atoms with Crippen molar-refractivity contribution in [1.29, 1.82) is 0 Å². The summed E-state index contributed by atoms with van der Waals surface area (Å²) < 4.78 is 45.3. The molecule has 0 radical (unpaired) electrons. The Labute approximate surface area is 220 Å². The van der Waals surface area contributed by atoms with Gasteiger partial charge in [0, 0.05) is 12.8 Å². The molecule has 2 amide bonds. The molecule has 0 aliphatic heterocycles. The molecule has 0 aliphatic carbocycles. The fraction of sp³-hybridized carbons (Fsp3) is 0.160. The monoisotopic (exact) mass is 552 g/mol. The average Bonchev–Trinajstić information content (AvgIpc) is 3.22. The van der Waals surface area contributed by atoms with Crippen LogP contribution in [0.3, 0.4) is 0 Å². The van der Waals surface area contributed by atoms with Crippen LogP contribution >= 0.6 is 24.0 Å². The van der Waals surface area contributed by atoms with Gasteiger partial charge in [0.25, 0.3) is 11.8 Å². The number of nitrogens with zero attached hydrogens (tertiary/aromatic N) is 1. The number of aromatic nitrogens is 2. The van der Waals surface area contributed by atoms with E-state index >= 15 is 0 Å². The van der Waals surface area contributed by atoms with Crippen molar-refractivity contribution in [3.8, 4) is 0 Å². The van der Waals surface area contributed by atoms with Crippen LogP contribution in [0.2, 0.25) is 5.02 Å². The van der Waals surface area contributed by atoms with Crippen molar-refractivity contribution >= 4 is 58.2 Å². The molecule has 4 aromatic rings. The molecule has 37 heavy (non-hydrogen) atoms. The Morgan fingerprint density at radius 2 is 1.73 bits per heavy atom. The molecule has 1 aromatic heterocycles. The van der Waals surface area contributed by atoms with Crippen molar-refractivity contribution in [1.82, 2.24) is 9.97 Å². The van der Waals surface area contributed by atoms with Crippen LogP contribution in [0.1, 0.15) is 37.7 Å². The number of H-pyrrole nitrogens is 1. The first kappa shape index (κ1) is 28.0. The smallest absolute Gasteiger partial charge is 0.377 e. The van der Waals surface area contributed by atoms with Crippen LogP contribution in [0.25, 0.3) is 11.0 Å². The molecule has 0 bridgehead atoms. The summed E-state index contributed by atoms with van der Waals surface area (Å²) in [6, 6.07) is 12.4. The quantitative estimate of drug-likeness (QED) is 0.250. The van der Waals surface area contributed by atoms with Crippen LogP contribution in [0.4, 0.5) is 24.5 Å². The van der Waals surface area contributed by atoms with Crippen molar-refractivity contribution in [2.45, 2.75) is 19.7 Å². The Bertz CT molecular complexity index is 1470. The number of carbonyl (C=O) groups is 2. The maximum absolute atomic E-state index is 13.4. The van der Waals surface area contributed by atoms with Gasteiger partial charge in [0.1, 0.15) is 17.9 Å². The molecule has 3 N–H and O–H groups in total. The number of fused-ring (bicyclic) bond motifs is 1. The second kappa shape index (κ2) is 11.2. The number of methoxy groups -OCH3 is 1. The second-order valence-corrected chi connectivity index (χ2v) is 8.38. The van der Waals surface area contributed by atoms with Gasteiger partial charge in [-0.2, -0.15) is 13.2 Å². The molecule has 194 valence electrons. The molecule has 4 rings (SSSR count). The number of anilines is 2. The number of aromatic amines is 1. The number of hydrogen-bond donors (Lipinski definition) is 3. The molecule has 0 unspecified atom stereocenters. The van der Waals surface area contributed by atoms with Gasteiger partial charge >= 0.3 is 6.18 Å². The fourth-order valence-corrected chi connectivity index (χ4v) is 3.94. The minimum atomic E-state index is -4.71. The number of ether oxygens (including phenoxy) is 1. The highest BCUT2D eigenvalue weighted by molar-refractivity contribution is 6.34. The summed E-state index contributed by atoms with van der Waals surface area (Å²) in [6.07, 6.45) is -4.71. The van der Waals surface area contributed by atoms with Crippen LogP contribution in [0.5, 0.6) is 0 Å². The number of nitrogens with one attached hydrogen (secondary N) is 3. The van der Waals surface area contributed by atoms with E-state index in [1.54, 1.807) is 18.2 Å². The van der Waals surface area contributed by atoms with Gasteiger partial charge in [-0.15, -0.1) is 12.4 Å². The van der Waals surface area contributed by atoms with E-state index in [0.29, 0.717) is 22.1 Å². The van der Waals surface area contributed by atoms with Crippen LogP contribution in [-0.2, 0) is 17.5 Å². The lowest BCUT2D eigenvalue weighted by Crippen LogP contribution is -2.19. The normalized spacial score (nSPS) is 11.2. The minimum Gasteiger partial charge on any atom is -0.377 e. The van der Waals surface area contributed by atoms with E-state index in [9.17, 15) is 22.8 Å². The Morgan fingerprint density at radius 1 is 1.03 bits per heavy atom. The summed E-state index contributed by atoms with van der Waals surface area (Å²) >= 11 is 6.24. The van der Waals surface area contributed by atoms with Crippen LogP contribution in [0.15, 0.2) is 54.6 Å². The van der Waals surface area contributed by atoms with Gasteiger partial charge in [0.05, 0.1) is 32.9 Å². The summed E-state index contributed by atoms with van der Waals surface area (Å²) in [5.41, 5.74) is 0.481. The van der Waals surface area contributed by atoms with E-state index in [1.807, 2.05) is 6.92 Å². The number of halogens is 5. The summed E-state index contributed by atoms with van der Waals surface area (Å²) in [5, 5.41) is 5.50. The second-order valence-electron chi connectivity index (χ2n) is 7.97. The molecular weight excluding hydrogens is 532 g/mol. The predicted molar refractivity (Wildman–Crippen MR) is 138 cm³/mol. The number of amides is 2. The highest BCUT2D eigenvalue weighted by Gasteiger charge is 2.35. The standard InChI is InChI=1S/C25H20ClF3N4O3.ClH/c1-13-7-8-19(18(26)9-13)32-24(35)16-10-14(11-20-22(16)33-21(31-20)12-36-2)30-23(34)15-5-3-4-6-17(15)25(27,28)29;/h3-11H,12H2,1-2H3,(H,30,34)(H,31,33)(H,32,35);1H. The Kier molecular flexibility index (Phi) is 8.47. The largest absolute Gasteiger partial charge is 0.417 e. The van der Waals surface area contributed by atoms with Gasteiger partial charge in [-0.1, -0.05) is 29.8 Å². The molecule has 1 heterocycles. The van der Waals surface area contributed by atoms with Crippen LogP contribution in [-0.4, -0.2) is 28.9 Å². The molecule has 0 saturated heterocycles. The molecule has 12 heteroatoms. The first-order valence-electron chi connectivity index (χ1n) is 10.6. The van der Waals surface area contributed by atoms with Crippen molar-refractivity contribution in [3.63, 3.8) is 0 Å². The maximum Gasteiger partial charge on any atom is 0.417 e. The first-order valence-corrected chi connectivity index (χ1v) is 11.0. The van der Waals surface area contributed by atoms with E-state index in [0.717, 1.165) is 17.7 Å². The minimum absolute atomic E-state index is 0. The zero-order valence-corrected chi connectivity index (χ0v) is 21.1. The molecule has 0 saturated carbocycles. The number of rotatable bonds is 6. The molecule has 0 spiro atoms. The topological polar surface area (TPSA) is 96.1 Å². The van der Waals surface area contributed by atoms with Gasteiger partial charge in [0.15, 0.2) is 0 Å². The molecule has 0 atom stereocenters. The zero-order chi connectivity index (χ0) is 26.0. The first-order chi connectivity index (χ1) is 17.1. The predicted octanol–water partition coefficient (Wildman–Crippen LogP) is 6.62. The highest BCUT2D eigenvalue weighted by atomic mass is 35.5. The van der Waals surface area contributed by atoms with Crippen molar-refractivity contribution < 1.29 is 27.5 Å². The van der Waals surface area contributed by atoms with E-state index < -0.39 is 29.1 Å². The van der Waals surface area contributed by atoms with Gasteiger partial charge < -0.3 is 20.4 Å². The number of imidazole rings is 1. The Hall–Kier alpha value is -3.60. The fourth-order valence-electron chi connectivity index (χ4n) is 3.66. The van der Waals surface area contributed by atoms with E-state index in [1.165, 1.54) is 31.4 Å². The zero-order valence-electron chi connectivity index (χ0n) is 19.5. The number of aryl methyl sites for hydroxylation is 1. The third-order valence-electron chi connectivity index (χ3n) is 5.27. The number of benzene rings is 3. The molecule has 0 aliphatic rings. The van der Waals surface area contributed by atoms with Crippen LogP contribution in [0, 0.1) is 6.92 Å². The number of carbonyl (C=O) groups excluding carboxylic acids is 2. The Balaban J connectivity index is 0.00000380. The molecular formula is C25H21Cl2F3N4O3. The van der Waals surface area contributed by atoms with Gasteiger partial charge in [-0.25, -0.2) is 4.98 Å². The summed E-state index contributed by atoms with van der Waals surface area (Å²) in [6.45, 7) is 1.98. The van der Waals surface area contributed by atoms with Gasteiger partial charge in [-0.3, -0.25) is 9.59 Å². The average molecular weight is 553 g/mol. The molecule has 3 aromatic carbocycles. The third kappa shape index (κ3) is 6.22. The summed E-state index contributed by atoms with van der Waals surface area (Å²) in [4.78, 5) is 33.4. The van der Waals surface area contributed by atoms with Crippen molar-refractivity contribution in [2.75, 3.05) is 17.7 Å². The molecule has 7 nitrogen and oxygen atoms in total. The Morgan fingerprint density at radius 3 is 2.41 bits per heavy atom. The van der Waals surface area contributed by atoms with Crippen LogP contribution < -0.4 is 10.6 Å². The highest BCUT2D eigenvalue weighted by Crippen LogP contribution is 2.33. The lowest BCUT2D eigenvalue weighted by atomic mass is 10.1. The van der Waals surface area contributed by atoms with Gasteiger partial charge in [-0.05, 0) is 48.9 Å². The SMILES string of the molecule is COCc1nc2c(C(=O)Nc3ccc(C)cc3Cl)cc(NC(=O)c3ccccc3C(F)(F)F)cc2[nH]1.Cl. The maximum atomic E-state index is 13.4. The van der Waals surface area contributed by atoms with E-state index in [-0.39, 0.29) is 35.8 Å². The number of alkyl halides is 3. The van der Waals surface area contributed by atoms with Crippen molar-refractivity contribution in [2.24, 2.45) is 0 Å². The van der Waals surface area contributed by atoms with E-state index in [4.69, 9.17) is 16.3 Å². The van der Waals surface area contributed by atoms with Gasteiger partial charge in [0.2, 0.25) is 0 Å². The molecule has 0 fully saturated rings. The van der Waals surface area contributed by atoms with Crippen molar-refractivity contribution in [3.05, 3.63) is 87.7 Å². The lowest BCUT2D eigenvalue weighted by Gasteiger charge is -2.14. The lowest BCUT2D eigenvalue weighted by molar-refractivity contribution is -0.137. The third-order valence-corrected chi connectivity index (χ3v) is 5.58. The summed E-state index contributed by atoms with van der Waals surface area (Å²) in [5.74, 6) is -1.14. The summed E-state index contributed by atoms with van der Waals surface area (Å²) in [7, 11) is 1.48. The van der Waals surface area contributed by atoms with E-state index in [2.05, 4.69) is 20.6 Å². The number of hydrogen-bond acceptors (Lipinski definition) is 4.